The Morgan fingerprint density at radius 1 is 0.697 bits per heavy atom. The molecule has 0 aromatic heterocycles. The van der Waals surface area contributed by atoms with Crippen molar-refractivity contribution in [3.05, 3.63) is 29.7 Å². The van der Waals surface area contributed by atoms with Crippen molar-refractivity contribution in [1.82, 2.24) is 0 Å². The maximum atomic E-state index is 2.90. The Balaban J connectivity index is 0. The summed E-state index contributed by atoms with van der Waals surface area (Å²) in [6, 6.07) is 0. The first-order chi connectivity index (χ1) is 13.3. The molecule has 33 heavy (non-hydrogen) atoms. The largest absolute Gasteiger partial charge is 4.00 e. The molecule has 0 aliphatic heterocycles. The summed E-state index contributed by atoms with van der Waals surface area (Å²) in [7, 11) is -2.30. The first-order valence-corrected chi connectivity index (χ1v) is 20.4. The molecule has 3 heteroatoms. The molecule has 0 amide bonds. The molecule has 0 spiro atoms. The molecular weight excluding hydrogens is 508 g/mol. The fourth-order valence-electron chi connectivity index (χ4n) is 9.19. The number of unbranched alkanes of at least 4 members (excludes halogenated alkanes) is 1. The summed E-state index contributed by atoms with van der Waals surface area (Å²) in [4.78, 5) is 0. The maximum absolute atomic E-state index is 2.90. The summed E-state index contributed by atoms with van der Waals surface area (Å²) < 4.78 is 0. The van der Waals surface area contributed by atoms with Crippen molar-refractivity contribution in [3.8, 4) is 0 Å². The van der Waals surface area contributed by atoms with Crippen LogP contribution in [0.4, 0.5) is 0 Å². The minimum atomic E-state index is -1.17. The average molecular weight is 570 g/mol. The van der Waals surface area contributed by atoms with E-state index in [9.17, 15) is 0 Å². The van der Waals surface area contributed by atoms with Gasteiger partial charge < -0.3 is 29.7 Å². The second kappa shape index (κ2) is 14.3. The van der Waals surface area contributed by atoms with Crippen LogP contribution in [0, 0.1) is 65.2 Å². The molecule has 0 saturated heterocycles. The molecule has 0 bridgehead atoms. The number of hydrogen-bond acceptors (Lipinski definition) is 0. The molecular formula is C30H62Si2Zr. The minimum Gasteiger partial charge on any atom is -0.358 e. The van der Waals surface area contributed by atoms with Gasteiger partial charge in [-0.2, -0.15) is 0 Å². The first-order valence-electron chi connectivity index (χ1n) is 13.3. The van der Waals surface area contributed by atoms with Gasteiger partial charge in [0.15, 0.2) is 0 Å². The summed E-state index contributed by atoms with van der Waals surface area (Å²) in [6.45, 7) is 16.6. The Morgan fingerprint density at radius 2 is 1.36 bits per heavy atom. The Hall–Kier alpha value is 1.32. The van der Waals surface area contributed by atoms with E-state index in [0.29, 0.717) is 0 Å². The van der Waals surface area contributed by atoms with Gasteiger partial charge in [0.25, 0.3) is 0 Å². The van der Waals surface area contributed by atoms with Crippen LogP contribution in [-0.2, 0) is 26.2 Å². The van der Waals surface area contributed by atoms with Gasteiger partial charge in [0.05, 0.1) is 0 Å². The van der Waals surface area contributed by atoms with Gasteiger partial charge in [0, 0.05) is 15.2 Å². The molecule has 0 aromatic carbocycles. The van der Waals surface area contributed by atoms with E-state index in [4.69, 9.17) is 0 Å². The van der Waals surface area contributed by atoms with Gasteiger partial charge in [-0.25, -0.2) is 0 Å². The molecule has 194 valence electrons. The van der Waals surface area contributed by atoms with Crippen molar-refractivity contribution in [1.29, 1.82) is 0 Å². The van der Waals surface area contributed by atoms with Gasteiger partial charge in [-0.15, -0.1) is 0 Å². The molecule has 0 N–H and O–H groups in total. The van der Waals surface area contributed by atoms with Crippen LogP contribution in [0.15, 0.2) is 0 Å². The first kappa shape index (κ1) is 36.5. The van der Waals surface area contributed by atoms with Crippen molar-refractivity contribution < 1.29 is 26.2 Å². The van der Waals surface area contributed by atoms with E-state index in [-0.39, 0.29) is 55.9 Å². The Labute approximate surface area is 233 Å². The van der Waals surface area contributed by atoms with E-state index in [1.165, 1.54) is 24.8 Å². The normalized spacial score (nSPS) is 37.3. The third kappa shape index (κ3) is 6.61. The van der Waals surface area contributed by atoms with E-state index in [1.54, 1.807) is 57.8 Å². The molecule has 4 saturated carbocycles. The van der Waals surface area contributed by atoms with Gasteiger partial charge >= 0.3 is 26.2 Å². The standard InChI is InChI=1S/C26H50Si2.4CH3.Zr/c1-7-8-10-20-13-14-22(17-20)27(3,4)28(5,6)26-16-15-24-19(2)23-12-9-11-21(23)18-25(24)26;;;;;/h19-26H,7-18H2,1-6H3;4*1H3;/q;4*-1;+4. The van der Waals surface area contributed by atoms with Crippen LogP contribution < -0.4 is 0 Å². The van der Waals surface area contributed by atoms with Crippen molar-refractivity contribution in [2.45, 2.75) is 128 Å². The van der Waals surface area contributed by atoms with E-state index in [1.807, 2.05) is 0 Å². The molecule has 4 aliphatic carbocycles. The average Bonchev–Trinajstić information content (AvgIpc) is 3.39. The summed E-state index contributed by atoms with van der Waals surface area (Å²) in [5, 5.41) is 0. The minimum absolute atomic E-state index is 0. The smallest absolute Gasteiger partial charge is 0.358 e. The Kier molecular flexibility index (Phi) is 15.8. The van der Waals surface area contributed by atoms with E-state index in [0.717, 1.165) is 41.0 Å². The third-order valence-electron chi connectivity index (χ3n) is 11.6. The van der Waals surface area contributed by atoms with Crippen LogP contribution in [0.3, 0.4) is 0 Å². The second-order valence-electron chi connectivity index (χ2n) is 12.9. The van der Waals surface area contributed by atoms with Crippen LogP contribution in [0.25, 0.3) is 0 Å². The molecule has 8 atom stereocenters. The van der Waals surface area contributed by atoms with Crippen LogP contribution in [0.5, 0.6) is 0 Å². The summed E-state index contributed by atoms with van der Waals surface area (Å²) in [6.07, 6.45) is 18.8. The quantitative estimate of drug-likeness (QED) is 0.220. The fourth-order valence-corrected chi connectivity index (χ4v) is 23.2. The molecule has 4 fully saturated rings. The zero-order valence-corrected chi connectivity index (χ0v) is 29.1. The van der Waals surface area contributed by atoms with Crippen LogP contribution in [0.1, 0.15) is 90.9 Å². The Morgan fingerprint density at radius 3 is 2.00 bits per heavy atom. The zero-order chi connectivity index (χ0) is 20.1. The molecule has 8 unspecified atom stereocenters. The van der Waals surface area contributed by atoms with Gasteiger partial charge in [-0.3, -0.25) is 0 Å². The molecule has 4 aliphatic rings. The molecule has 0 heterocycles. The zero-order valence-electron chi connectivity index (χ0n) is 24.6. The van der Waals surface area contributed by atoms with E-state index < -0.39 is 15.2 Å². The van der Waals surface area contributed by atoms with Crippen molar-refractivity contribution in [3.63, 3.8) is 0 Å². The van der Waals surface area contributed by atoms with Gasteiger partial charge in [-0.05, 0) is 65.9 Å². The van der Waals surface area contributed by atoms with Crippen molar-refractivity contribution in [2.24, 2.45) is 35.5 Å². The van der Waals surface area contributed by atoms with Gasteiger partial charge in [0.2, 0.25) is 0 Å². The number of fused-ring (bicyclic) bond motifs is 2. The monoisotopic (exact) mass is 568 g/mol. The number of hydrogen-bond donors (Lipinski definition) is 0. The van der Waals surface area contributed by atoms with Crippen LogP contribution >= 0.6 is 0 Å². The molecule has 0 nitrogen and oxygen atoms in total. The summed E-state index contributed by atoms with van der Waals surface area (Å²) in [5.41, 5.74) is 2.34. The van der Waals surface area contributed by atoms with Gasteiger partial charge in [0.1, 0.15) is 0 Å². The van der Waals surface area contributed by atoms with Gasteiger partial charge in [-0.1, -0.05) is 97.8 Å². The second-order valence-corrected chi connectivity index (χ2v) is 29.1. The summed E-state index contributed by atoms with van der Waals surface area (Å²) in [5.74, 6) is 6.63. The van der Waals surface area contributed by atoms with Crippen LogP contribution in [-0.4, -0.2) is 15.2 Å². The topological polar surface area (TPSA) is 0 Å². The fraction of sp³-hybridized carbons (Fsp3) is 0.867. The van der Waals surface area contributed by atoms with Crippen molar-refractivity contribution in [2.75, 3.05) is 0 Å². The Bertz CT molecular complexity index is 545. The maximum Gasteiger partial charge on any atom is 4.00 e. The van der Waals surface area contributed by atoms with Crippen molar-refractivity contribution >= 4 is 15.2 Å². The third-order valence-corrected chi connectivity index (χ3v) is 32.4. The van der Waals surface area contributed by atoms with E-state index in [2.05, 4.69) is 40.0 Å². The predicted molar refractivity (Wildman–Crippen MR) is 156 cm³/mol. The SMILES string of the molecule is CCCCC1CCC([Si](C)(C)[Si](C)(C)C2CCC3C(C)C4CCCC4CC32)C1.[CH3-].[CH3-].[CH3-].[CH3-].[Zr+4]. The summed E-state index contributed by atoms with van der Waals surface area (Å²) >= 11 is 0. The van der Waals surface area contributed by atoms with Crippen LogP contribution in [0.2, 0.25) is 37.3 Å². The molecule has 0 radical (unpaired) electrons. The molecule has 0 aromatic rings. The van der Waals surface area contributed by atoms with E-state index >= 15 is 0 Å². The molecule has 4 rings (SSSR count). The predicted octanol–water partition coefficient (Wildman–Crippen LogP) is 10.5. The number of rotatable bonds is 6.